The number of benzene rings is 3. The van der Waals surface area contributed by atoms with Crippen LogP contribution in [0.2, 0.25) is 0 Å². The number of rotatable bonds is 6. The van der Waals surface area contributed by atoms with Crippen LogP contribution in [0.5, 0.6) is 0 Å². The van der Waals surface area contributed by atoms with Crippen LogP contribution in [0.15, 0.2) is 97.5 Å². The lowest BCUT2D eigenvalue weighted by Crippen LogP contribution is -2.39. The average molecular weight is 533 g/mol. The number of anilines is 1. The maximum Gasteiger partial charge on any atom is 0.272 e. The molecule has 3 aromatic carbocycles. The van der Waals surface area contributed by atoms with E-state index in [0.717, 1.165) is 40.4 Å². The Morgan fingerprint density at radius 3 is 2.48 bits per heavy atom. The highest BCUT2D eigenvalue weighted by atomic mass is 16.5. The molecule has 0 unspecified atom stereocenters. The zero-order valence-corrected chi connectivity index (χ0v) is 22.7. The van der Waals surface area contributed by atoms with E-state index < -0.39 is 5.60 Å². The summed E-state index contributed by atoms with van der Waals surface area (Å²) in [4.78, 5) is 32.8. The molecule has 0 radical (unpaired) electrons. The van der Waals surface area contributed by atoms with Crippen LogP contribution in [-0.4, -0.2) is 46.3 Å². The molecule has 5 aromatic rings. The fourth-order valence-corrected chi connectivity index (χ4v) is 5.69. The minimum Gasteiger partial charge on any atom is -0.364 e. The number of carbonyl (C=O) groups excluding carboxylic acids is 2. The van der Waals surface area contributed by atoms with Gasteiger partial charge in [0.15, 0.2) is 5.60 Å². The predicted molar refractivity (Wildman–Crippen MR) is 156 cm³/mol. The van der Waals surface area contributed by atoms with Crippen molar-refractivity contribution in [2.45, 2.75) is 31.3 Å². The lowest BCUT2D eigenvalue weighted by molar-refractivity contribution is -0.136. The Balaban J connectivity index is 1.10. The Kier molecular flexibility index (Phi) is 6.82. The minimum absolute atomic E-state index is 0.0207. The van der Waals surface area contributed by atoms with Crippen molar-refractivity contribution in [3.63, 3.8) is 0 Å². The van der Waals surface area contributed by atoms with E-state index in [4.69, 9.17) is 4.74 Å². The van der Waals surface area contributed by atoms with Crippen molar-refractivity contribution >= 4 is 33.8 Å². The maximum atomic E-state index is 13.5. The number of likely N-dealkylation sites (tertiary alicyclic amines) is 1. The first-order chi connectivity index (χ1) is 19.5. The molecule has 0 bridgehead atoms. The van der Waals surface area contributed by atoms with Crippen molar-refractivity contribution in [3.8, 4) is 0 Å². The molecule has 202 valence electrons. The number of hydrogen-bond acceptors (Lipinski definition) is 4. The second kappa shape index (κ2) is 10.6. The van der Waals surface area contributed by atoms with Gasteiger partial charge in [0, 0.05) is 43.2 Å². The van der Waals surface area contributed by atoms with Gasteiger partial charge in [-0.3, -0.25) is 9.59 Å². The molecular formula is C33H32N4O3. The number of piperidine rings is 1. The van der Waals surface area contributed by atoms with Gasteiger partial charge in [0.05, 0.1) is 6.33 Å². The van der Waals surface area contributed by atoms with Crippen molar-refractivity contribution in [1.82, 2.24) is 14.3 Å². The number of nitrogens with zero attached hydrogens (tertiary/aromatic N) is 3. The maximum absolute atomic E-state index is 13.5. The molecule has 0 spiro atoms. The summed E-state index contributed by atoms with van der Waals surface area (Å²) in [6.07, 6.45) is 5.37. The van der Waals surface area contributed by atoms with Gasteiger partial charge in [-0.1, -0.05) is 54.6 Å². The third kappa shape index (κ3) is 4.73. The van der Waals surface area contributed by atoms with E-state index in [2.05, 4.69) is 22.4 Å². The highest BCUT2D eigenvalue weighted by molar-refractivity contribution is 6.01. The van der Waals surface area contributed by atoms with Gasteiger partial charge in [0.2, 0.25) is 0 Å². The van der Waals surface area contributed by atoms with Crippen LogP contribution < -0.4 is 5.32 Å². The molecule has 7 nitrogen and oxygen atoms in total. The van der Waals surface area contributed by atoms with E-state index in [9.17, 15) is 9.59 Å². The first-order valence-electron chi connectivity index (χ1n) is 13.6. The largest absolute Gasteiger partial charge is 0.364 e. The van der Waals surface area contributed by atoms with Crippen molar-refractivity contribution in [2.24, 2.45) is 0 Å². The van der Waals surface area contributed by atoms with Gasteiger partial charge >= 0.3 is 0 Å². The van der Waals surface area contributed by atoms with Gasteiger partial charge < -0.3 is 19.4 Å². The minimum atomic E-state index is -1.15. The van der Waals surface area contributed by atoms with Gasteiger partial charge in [-0.15, -0.1) is 0 Å². The van der Waals surface area contributed by atoms with Crippen LogP contribution in [0.3, 0.4) is 0 Å². The molecule has 1 N–H and O–H groups in total. The number of amides is 2. The molecule has 0 saturated carbocycles. The molecule has 1 saturated heterocycles. The molecule has 3 heterocycles. The summed E-state index contributed by atoms with van der Waals surface area (Å²) in [6, 6.07) is 27.7. The van der Waals surface area contributed by atoms with Crippen molar-refractivity contribution in [1.29, 1.82) is 0 Å². The molecular weight excluding hydrogens is 500 g/mol. The van der Waals surface area contributed by atoms with Crippen LogP contribution in [0.4, 0.5) is 5.69 Å². The van der Waals surface area contributed by atoms with Crippen LogP contribution >= 0.6 is 0 Å². The molecule has 2 amide bonds. The number of fused-ring (bicyclic) bond motifs is 2. The third-order valence-corrected chi connectivity index (χ3v) is 8.20. The fraction of sp³-hybridized carbons (Fsp3) is 0.242. The second-order valence-corrected chi connectivity index (χ2v) is 10.5. The van der Waals surface area contributed by atoms with Crippen LogP contribution in [0.1, 0.15) is 47.3 Å². The molecule has 0 aliphatic carbocycles. The molecule has 7 heteroatoms. The van der Waals surface area contributed by atoms with Crippen LogP contribution in [0.25, 0.3) is 16.3 Å². The van der Waals surface area contributed by atoms with Crippen molar-refractivity contribution in [2.75, 3.05) is 25.5 Å². The fourth-order valence-electron chi connectivity index (χ4n) is 5.69. The van der Waals surface area contributed by atoms with E-state index in [1.165, 1.54) is 5.56 Å². The highest BCUT2D eigenvalue weighted by Crippen LogP contribution is 2.33. The second-order valence-electron chi connectivity index (χ2n) is 10.5. The lowest BCUT2D eigenvalue weighted by Gasteiger charge is -2.32. The first-order valence-corrected chi connectivity index (χ1v) is 13.6. The smallest absolute Gasteiger partial charge is 0.272 e. The van der Waals surface area contributed by atoms with Gasteiger partial charge in [0.25, 0.3) is 11.8 Å². The lowest BCUT2D eigenvalue weighted by atomic mass is 9.88. The Morgan fingerprint density at radius 1 is 0.950 bits per heavy atom. The number of hydrogen-bond donors (Lipinski definition) is 1. The first kappa shape index (κ1) is 25.8. The SMILES string of the molecule is CO[C@](C)(C(=O)Nc1ccc(C2CCN(C(=O)c3cc4cccn4cn3)CC2)cc1)c1cccc2ccccc12. The average Bonchev–Trinajstić information content (AvgIpc) is 3.48. The number of carbonyl (C=O) groups is 2. The number of ether oxygens (including phenoxy) is 1. The van der Waals surface area contributed by atoms with Gasteiger partial charge in [-0.2, -0.15) is 0 Å². The van der Waals surface area contributed by atoms with E-state index >= 15 is 0 Å². The van der Waals surface area contributed by atoms with E-state index in [0.29, 0.717) is 24.7 Å². The van der Waals surface area contributed by atoms with Crippen LogP contribution in [-0.2, 0) is 15.1 Å². The normalized spacial score (nSPS) is 15.7. The van der Waals surface area contributed by atoms with E-state index in [1.807, 2.05) is 88.3 Å². The number of methoxy groups -OCH3 is 1. The van der Waals surface area contributed by atoms with Crippen molar-refractivity contribution < 1.29 is 14.3 Å². The van der Waals surface area contributed by atoms with Crippen LogP contribution in [0, 0.1) is 0 Å². The molecule has 40 heavy (non-hydrogen) atoms. The summed E-state index contributed by atoms with van der Waals surface area (Å²) in [5.74, 6) is 0.111. The summed E-state index contributed by atoms with van der Waals surface area (Å²) in [5, 5.41) is 5.11. The molecule has 1 fully saturated rings. The van der Waals surface area contributed by atoms with Gasteiger partial charge in [-0.25, -0.2) is 4.98 Å². The summed E-state index contributed by atoms with van der Waals surface area (Å²) in [5.41, 5.74) is 3.05. The van der Waals surface area contributed by atoms with Gasteiger partial charge in [-0.05, 0) is 72.4 Å². The summed E-state index contributed by atoms with van der Waals surface area (Å²) < 4.78 is 7.71. The Morgan fingerprint density at radius 2 is 1.70 bits per heavy atom. The zero-order valence-electron chi connectivity index (χ0n) is 22.7. The molecule has 6 rings (SSSR count). The standard InChI is InChI=1S/C33H32N4O3/c1-33(40-2,29-11-5-8-25-7-3-4-10-28(25)29)32(39)35-26-14-12-23(13-15-26)24-16-19-36(20-17-24)31(38)30-21-27-9-6-18-37(27)22-34-30/h3-15,18,21-22,24H,16-17,19-20H2,1-2H3,(H,35,39)/t33-/m0/s1. The molecule has 1 aliphatic heterocycles. The molecule has 1 atom stereocenters. The number of nitrogens with one attached hydrogen (secondary N) is 1. The van der Waals surface area contributed by atoms with E-state index in [1.54, 1.807) is 20.4 Å². The predicted octanol–water partition coefficient (Wildman–Crippen LogP) is 6.01. The zero-order chi connectivity index (χ0) is 27.7. The molecule has 2 aromatic heterocycles. The monoisotopic (exact) mass is 532 g/mol. The highest BCUT2D eigenvalue weighted by Gasteiger charge is 2.36. The topological polar surface area (TPSA) is 75.9 Å². The Hall–Kier alpha value is -4.49. The number of aromatic nitrogens is 2. The summed E-state index contributed by atoms with van der Waals surface area (Å²) in [7, 11) is 1.57. The van der Waals surface area contributed by atoms with Crippen molar-refractivity contribution in [3.05, 3.63) is 114 Å². The van der Waals surface area contributed by atoms with E-state index in [-0.39, 0.29) is 11.8 Å². The summed E-state index contributed by atoms with van der Waals surface area (Å²) >= 11 is 0. The summed E-state index contributed by atoms with van der Waals surface area (Å²) in [6.45, 7) is 3.18. The Bertz CT molecular complexity index is 1680. The Labute approximate surface area is 233 Å². The van der Waals surface area contributed by atoms with Gasteiger partial charge in [0.1, 0.15) is 5.69 Å². The molecule has 1 aliphatic rings. The quantitative estimate of drug-likeness (QED) is 0.291. The third-order valence-electron chi connectivity index (χ3n) is 8.20.